The first-order valence-electron chi connectivity index (χ1n) is 9.04. The summed E-state index contributed by atoms with van der Waals surface area (Å²) in [6.07, 6.45) is 0. The number of carbonyl (C=O) groups excluding carboxylic acids is 1. The van der Waals surface area contributed by atoms with Crippen LogP contribution in [0.15, 0.2) is 57.7 Å². The molecule has 5 rings (SSSR count). The Morgan fingerprint density at radius 3 is 2.48 bits per heavy atom. The van der Waals surface area contributed by atoms with Gasteiger partial charge in [0.05, 0.1) is 22.7 Å². The SMILES string of the molecule is Cc1nc(N2C(=O)c3oc4ccccc4c(=O)c3C2c2ccc(F)cc2)sc1C. The third kappa shape index (κ3) is 2.61. The third-order valence-corrected chi connectivity index (χ3v) is 6.26. The number of benzene rings is 2. The van der Waals surface area contributed by atoms with Gasteiger partial charge in [-0.05, 0) is 43.7 Å². The van der Waals surface area contributed by atoms with Crippen LogP contribution in [0.25, 0.3) is 11.0 Å². The monoisotopic (exact) mass is 406 g/mol. The van der Waals surface area contributed by atoms with Gasteiger partial charge in [0, 0.05) is 4.88 Å². The largest absolute Gasteiger partial charge is 0.450 e. The molecule has 0 bridgehead atoms. The number of carbonyl (C=O) groups is 1. The van der Waals surface area contributed by atoms with E-state index < -0.39 is 17.8 Å². The molecule has 0 fully saturated rings. The molecule has 3 heterocycles. The summed E-state index contributed by atoms with van der Waals surface area (Å²) in [5, 5.41) is 0.883. The fraction of sp³-hybridized carbons (Fsp3) is 0.136. The van der Waals surface area contributed by atoms with E-state index in [1.807, 2.05) is 13.8 Å². The molecule has 7 heteroatoms. The van der Waals surface area contributed by atoms with Crippen molar-refractivity contribution in [1.29, 1.82) is 0 Å². The Kier molecular flexibility index (Phi) is 3.89. The van der Waals surface area contributed by atoms with Gasteiger partial charge in [-0.25, -0.2) is 9.37 Å². The van der Waals surface area contributed by atoms with Crippen LogP contribution in [0, 0.1) is 19.7 Å². The number of hydrogen-bond donors (Lipinski definition) is 0. The summed E-state index contributed by atoms with van der Waals surface area (Å²) in [7, 11) is 0. The highest BCUT2D eigenvalue weighted by Gasteiger charge is 2.45. The van der Waals surface area contributed by atoms with Crippen LogP contribution in [0.2, 0.25) is 0 Å². The van der Waals surface area contributed by atoms with E-state index >= 15 is 0 Å². The summed E-state index contributed by atoms with van der Waals surface area (Å²) in [6.45, 7) is 3.79. The molecule has 1 amide bonds. The minimum absolute atomic E-state index is 0.00790. The number of fused-ring (bicyclic) bond motifs is 2. The van der Waals surface area contributed by atoms with Crippen molar-refractivity contribution in [3.63, 3.8) is 0 Å². The topological polar surface area (TPSA) is 63.4 Å². The number of para-hydroxylation sites is 1. The van der Waals surface area contributed by atoms with Gasteiger partial charge in [0.1, 0.15) is 11.4 Å². The first-order valence-corrected chi connectivity index (χ1v) is 9.86. The maximum Gasteiger partial charge on any atom is 0.297 e. The van der Waals surface area contributed by atoms with E-state index in [2.05, 4.69) is 4.98 Å². The third-order valence-electron chi connectivity index (χ3n) is 5.19. The Morgan fingerprint density at radius 1 is 1.07 bits per heavy atom. The van der Waals surface area contributed by atoms with Crippen LogP contribution in [0.1, 0.15) is 38.3 Å². The molecule has 1 aliphatic heterocycles. The fourth-order valence-corrected chi connectivity index (χ4v) is 4.57. The van der Waals surface area contributed by atoms with E-state index in [0.29, 0.717) is 21.7 Å². The molecule has 144 valence electrons. The highest BCUT2D eigenvalue weighted by Crippen LogP contribution is 2.42. The maximum absolute atomic E-state index is 13.5. The van der Waals surface area contributed by atoms with E-state index in [0.717, 1.165) is 10.6 Å². The van der Waals surface area contributed by atoms with Gasteiger partial charge < -0.3 is 4.42 Å². The van der Waals surface area contributed by atoms with Gasteiger partial charge in [-0.15, -0.1) is 11.3 Å². The number of anilines is 1. The lowest BCUT2D eigenvalue weighted by atomic mass is 9.99. The molecule has 0 spiro atoms. The predicted molar refractivity (Wildman–Crippen MR) is 109 cm³/mol. The summed E-state index contributed by atoms with van der Waals surface area (Å²) < 4.78 is 19.4. The molecule has 0 radical (unpaired) electrons. The molecule has 0 aliphatic carbocycles. The number of nitrogens with zero attached hydrogens (tertiary/aromatic N) is 2. The number of rotatable bonds is 2. The summed E-state index contributed by atoms with van der Waals surface area (Å²) in [5.74, 6) is -0.809. The summed E-state index contributed by atoms with van der Waals surface area (Å²) in [6, 6.07) is 11.9. The van der Waals surface area contributed by atoms with Crippen molar-refractivity contribution in [3.8, 4) is 0 Å². The second kappa shape index (κ2) is 6.35. The Labute approximate surface area is 169 Å². The average Bonchev–Trinajstić information content (AvgIpc) is 3.19. The van der Waals surface area contributed by atoms with E-state index in [1.54, 1.807) is 36.4 Å². The zero-order valence-electron chi connectivity index (χ0n) is 15.6. The van der Waals surface area contributed by atoms with Crippen LogP contribution in [0.4, 0.5) is 9.52 Å². The van der Waals surface area contributed by atoms with Crippen molar-refractivity contribution in [3.05, 3.63) is 92.0 Å². The molecule has 1 unspecified atom stereocenters. The summed E-state index contributed by atoms with van der Waals surface area (Å²) in [5.41, 5.74) is 1.78. The number of aromatic nitrogens is 1. The van der Waals surface area contributed by atoms with Gasteiger partial charge in [0.15, 0.2) is 10.6 Å². The van der Waals surface area contributed by atoms with E-state index in [4.69, 9.17) is 4.42 Å². The highest BCUT2D eigenvalue weighted by molar-refractivity contribution is 7.15. The number of thiazole rings is 1. The van der Waals surface area contributed by atoms with E-state index in [-0.39, 0.29) is 16.8 Å². The van der Waals surface area contributed by atoms with Crippen LogP contribution in [-0.2, 0) is 0 Å². The normalized spacial score (nSPS) is 15.9. The van der Waals surface area contributed by atoms with Gasteiger partial charge in [-0.1, -0.05) is 24.3 Å². The quantitative estimate of drug-likeness (QED) is 0.482. The van der Waals surface area contributed by atoms with Crippen molar-refractivity contribution in [2.75, 3.05) is 4.90 Å². The molecule has 1 aliphatic rings. The average molecular weight is 406 g/mol. The van der Waals surface area contributed by atoms with Gasteiger partial charge in [0.2, 0.25) is 5.76 Å². The first-order chi connectivity index (χ1) is 14.0. The minimum atomic E-state index is -0.732. The minimum Gasteiger partial charge on any atom is -0.450 e. The summed E-state index contributed by atoms with van der Waals surface area (Å²) in [4.78, 5) is 33.7. The van der Waals surface area contributed by atoms with Crippen LogP contribution >= 0.6 is 11.3 Å². The standard InChI is InChI=1S/C22H15FN2O3S/c1-11-12(2)29-22(24-11)25-18(13-7-9-14(23)10-8-13)17-19(26)15-5-3-4-6-16(15)28-20(17)21(25)27/h3-10,18H,1-2H3. The second-order valence-corrected chi connectivity index (χ2v) is 8.12. The number of hydrogen-bond acceptors (Lipinski definition) is 5. The van der Waals surface area contributed by atoms with Crippen LogP contribution < -0.4 is 10.3 Å². The Balaban J connectivity index is 1.82. The lowest BCUT2D eigenvalue weighted by Gasteiger charge is -2.22. The van der Waals surface area contributed by atoms with Crippen LogP contribution in [0.3, 0.4) is 0 Å². The molecule has 2 aromatic carbocycles. The second-order valence-electron chi connectivity index (χ2n) is 6.94. The molecule has 0 saturated carbocycles. The zero-order chi connectivity index (χ0) is 20.3. The van der Waals surface area contributed by atoms with Crippen molar-refractivity contribution in [2.24, 2.45) is 0 Å². The molecule has 0 N–H and O–H groups in total. The zero-order valence-corrected chi connectivity index (χ0v) is 16.4. The predicted octanol–water partition coefficient (Wildman–Crippen LogP) is 4.76. The lowest BCUT2D eigenvalue weighted by Crippen LogP contribution is -2.29. The fourth-order valence-electron chi connectivity index (χ4n) is 3.64. The molecule has 5 nitrogen and oxygen atoms in total. The number of aryl methyl sites for hydroxylation is 2. The Morgan fingerprint density at radius 2 is 1.79 bits per heavy atom. The molecule has 4 aromatic rings. The Bertz CT molecular complexity index is 1320. The molecule has 29 heavy (non-hydrogen) atoms. The Hall–Kier alpha value is -3.32. The lowest BCUT2D eigenvalue weighted by molar-refractivity contribution is 0.0971. The first kappa shape index (κ1) is 17.8. The summed E-state index contributed by atoms with van der Waals surface area (Å²) >= 11 is 1.37. The highest BCUT2D eigenvalue weighted by atomic mass is 32.1. The van der Waals surface area contributed by atoms with Crippen molar-refractivity contribution in [2.45, 2.75) is 19.9 Å². The number of halogens is 1. The van der Waals surface area contributed by atoms with E-state index in [9.17, 15) is 14.0 Å². The van der Waals surface area contributed by atoms with Crippen molar-refractivity contribution in [1.82, 2.24) is 4.98 Å². The van der Waals surface area contributed by atoms with Gasteiger partial charge in [-0.2, -0.15) is 0 Å². The van der Waals surface area contributed by atoms with Crippen LogP contribution in [0.5, 0.6) is 0 Å². The van der Waals surface area contributed by atoms with Gasteiger partial charge in [-0.3, -0.25) is 14.5 Å². The maximum atomic E-state index is 13.5. The smallest absolute Gasteiger partial charge is 0.297 e. The molecule has 0 saturated heterocycles. The molecular formula is C22H15FN2O3S. The molecule has 2 aromatic heterocycles. The molecular weight excluding hydrogens is 391 g/mol. The number of amides is 1. The van der Waals surface area contributed by atoms with Gasteiger partial charge in [0.25, 0.3) is 5.91 Å². The van der Waals surface area contributed by atoms with Crippen molar-refractivity contribution >= 4 is 33.3 Å². The van der Waals surface area contributed by atoms with Crippen molar-refractivity contribution < 1.29 is 13.6 Å². The van der Waals surface area contributed by atoms with E-state index in [1.165, 1.54) is 28.4 Å². The van der Waals surface area contributed by atoms with Crippen LogP contribution in [-0.4, -0.2) is 10.9 Å². The molecule has 1 atom stereocenters. The van der Waals surface area contributed by atoms with Gasteiger partial charge >= 0.3 is 0 Å².